The normalized spacial score (nSPS) is 12.9. The van der Waals surface area contributed by atoms with Gasteiger partial charge in [0.05, 0.1) is 6.26 Å². The van der Waals surface area contributed by atoms with E-state index in [1.807, 2.05) is 0 Å². The monoisotopic (exact) mass is 304 g/mol. The summed E-state index contributed by atoms with van der Waals surface area (Å²) < 4.78 is 22.3. The molecule has 64 valence electrons. The summed E-state index contributed by atoms with van der Waals surface area (Å²) in [5, 5.41) is 7.33. The predicted octanol–water partition coefficient (Wildman–Crippen LogP) is 0.452. The average molecular weight is 302 g/mol. The van der Waals surface area contributed by atoms with Crippen molar-refractivity contribution in [3.8, 4) is 0 Å². The van der Waals surface area contributed by atoms with Crippen molar-refractivity contribution in [1.82, 2.24) is 0 Å². The molecule has 0 aromatic rings. The second-order valence-corrected chi connectivity index (χ2v) is 2.70. The molecule has 0 radical (unpaired) electrons. The van der Waals surface area contributed by atoms with E-state index in [1.165, 1.54) is 0 Å². The van der Waals surface area contributed by atoms with Gasteiger partial charge in [0.15, 0.2) is 0 Å². The first kappa shape index (κ1) is 17.8. The van der Waals surface area contributed by atoms with Crippen LogP contribution in [0.4, 0.5) is 0 Å². The van der Waals surface area contributed by atoms with Crippen LogP contribution in [0.2, 0.25) is 0 Å². The molecule has 9 heteroatoms. The molecule has 3 N–H and O–H groups in total. The molecule has 0 bridgehead atoms. The first-order chi connectivity index (χ1) is 4.54. The molecule has 0 spiro atoms. The van der Waals surface area contributed by atoms with Gasteiger partial charge in [0.2, 0.25) is 0 Å². The zero-order chi connectivity index (χ0) is 8.57. The summed E-state index contributed by atoms with van der Waals surface area (Å²) >= 11 is 0. The fourth-order valence-electron chi connectivity index (χ4n) is 0.0747. The van der Waals surface area contributed by atoms with E-state index in [9.17, 15) is 9.13 Å². The Morgan fingerprint density at radius 3 is 1.45 bits per heavy atom. The van der Waals surface area contributed by atoms with Crippen molar-refractivity contribution in [2.45, 2.75) is 0 Å². The van der Waals surface area contributed by atoms with Crippen molar-refractivity contribution >= 4 is 16.5 Å². The van der Waals surface area contributed by atoms with E-state index < -0.39 is 16.5 Å². The van der Waals surface area contributed by atoms with E-state index in [0.29, 0.717) is 0 Å². The minimum absolute atomic E-state index is 0. The molecule has 0 saturated heterocycles. The summed E-state index contributed by atoms with van der Waals surface area (Å²) in [4.78, 5) is 15.4. The van der Waals surface area contributed by atoms with Gasteiger partial charge in [0.1, 0.15) is 0 Å². The summed E-state index contributed by atoms with van der Waals surface area (Å²) in [7, 11) is -6.40. The molecule has 0 saturated carbocycles. The molecule has 2 atom stereocenters. The van der Waals surface area contributed by atoms with Crippen molar-refractivity contribution in [3.05, 3.63) is 12.8 Å². The van der Waals surface area contributed by atoms with Crippen LogP contribution in [-0.4, -0.2) is 14.9 Å². The fraction of sp³-hybridized carbons (Fsp3) is 0. The van der Waals surface area contributed by atoms with Gasteiger partial charge in [-0.1, -0.05) is 6.58 Å². The first-order valence-electron chi connectivity index (χ1n) is 1.93. The van der Waals surface area contributed by atoms with Crippen LogP contribution in [0, 0.1) is 0 Å². The third kappa shape index (κ3) is 36.3. The maximum absolute atomic E-state index is 9.44. The second-order valence-electron chi connectivity index (χ2n) is 0.816. The van der Waals surface area contributed by atoms with E-state index >= 15 is 0 Å². The number of hydrogen-bond donors (Lipinski definition) is 3. The summed E-state index contributed by atoms with van der Waals surface area (Å²) in [6.07, 6.45) is 0.750. The molecule has 0 aromatic heterocycles. The summed E-state index contributed by atoms with van der Waals surface area (Å²) in [5.41, 5.74) is 0. The maximum atomic E-state index is 9.44. The van der Waals surface area contributed by atoms with Crippen molar-refractivity contribution in [3.63, 3.8) is 0 Å². The van der Waals surface area contributed by atoms with Gasteiger partial charge in [0, 0.05) is 27.3 Å². The summed E-state index contributed by atoms with van der Waals surface area (Å²) in [6, 6.07) is 0. The topological polar surface area (TPSA) is 104 Å². The summed E-state index contributed by atoms with van der Waals surface area (Å²) in [5.74, 6) is 0. The van der Waals surface area contributed by atoms with Crippen LogP contribution in [0.25, 0.3) is 0 Å². The third-order valence-electron chi connectivity index (χ3n) is 0.175. The molecule has 0 aliphatic carbocycles. The average Bonchev–Trinajstić information content (AvgIpc) is 1.62. The van der Waals surface area contributed by atoms with E-state index in [1.54, 1.807) is 0 Å². The Morgan fingerprint density at radius 2 is 1.45 bits per heavy atom. The minimum Gasteiger partial charge on any atom is -0.516 e. The van der Waals surface area contributed by atoms with Crippen molar-refractivity contribution < 1.29 is 55.6 Å². The second kappa shape index (κ2) is 13.4. The summed E-state index contributed by atoms with van der Waals surface area (Å²) in [6.45, 7) is 2.92. The zero-order valence-corrected chi connectivity index (χ0v) is 11.6. The molecule has 0 fully saturated rings. The molecule has 0 aromatic carbocycles. The van der Waals surface area contributed by atoms with E-state index in [0.717, 1.165) is 6.26 Å². The quantitative estimate of drug-likeness (QED) is 0.389. The van der Waals surface area contributed by atoms with E-state index in [2.05, 4.69) is 10.9 Å². The molecule has 11 heavy (non-hydrogen) atoms. The van der Waals surface area contributed by atoms with Crippen LogP contribution in [0.1, 0.15) is 0 Å². The smallest absolute Gasteiger partial charge is 0.323 e. The minimum atomic E-state index is -3.20. The molecule has 0 rings (SSSR count). The van der Waals surface area contributed by atoms with Crippen LogP contribution >= 0.6 is 16.5 Å². The van der Waals surface area contributed by atoms with Crippen LogP contribution in [0.5, 0.6) is 0 Å². The van der Waals surface area contributed by atoms with Crippen molar-refractivity contribution in [2.75, 3.05) is 0 Å². The molecule has 6 nitrogen and oxygen atoms in total. The van der Waals surface area contributed by atoms with Crippen LogP contribution in [0.3, 0.4) is 0 Å². The number of aliphatic hydroxyl groups excluding tert-OH is 1. The molecule has 0 amide bonds. The number of hydrogen-bond acceptors (Lipinski definition) is 4. The van der Waals surface area contributed by atoms with Gasteiger partial charge in [-0.25, -0.2) is 4.31 Å². The van der Waals surface area contributed by atoms with Gasteiger partial charge in [-0.3, -0.25) is 9.13 Å². The van der Waals surface area contributed by atoms with E-state index in [-0.39, 0.29) is 27.3 Å². The Labute approximate surface area is 85.0 Å². The standard InChI is InChI=1S/C2H4O.Cd.H4O5P2/c1-2-3;;1-6(2)5-7(3)4/h2-3H,1H2;;6-7H,(H,1,2)(H,3,4). The van der Waals surface area contributed by atoms with Crippen LogP contribution in [-0.2, 0) is 40.7 Å². The Kier molecular flexibility index (Phi) is 21.6. The molecule has 0 aliphatic rings. The fourth-order valence-corrected chi connectivity index (χ4v) is 0.672. The van der Waals surface area contributed by atoms with Crippen molar-refractivity contribution in [2.24, 2.45) is 0 Å². The van der Waals surface area contributed by atoms with Gasteiger partial charge in [-0.15, -0.1) is 0 Å². The molecular formula is C2H8CdO6P2. The molecule has 2 unspecified atom stereocenters. The van der Waals surface area contributed by atoms with E-state index in [4.69, 9.17) is 14.9 Å². The van der Waals surface area contributed by atoms with Crippen LogP contribution < -0.4 is 0 Å². The van der Waals surface area contributed by atoms with Gasteiger partial charge >= 0.3 is 16.5 Å². The Morgan fingerprint density at radius 1 is 1.27 bits per heavy atom. The Hall–Kier alpha value is 0.802. The van der Waals surface area contributed by atoms with Crippen molar-refractivity contribution in [1.29, 1.82) is 0 Å². The predicted molar refractivity (Wildman–Crippen MR) is 36.4 cm³/mol. The Balaban J connectivity index is -0.000000140. The van der Waals surface area contributed by atoms with Gasteiger partial charge in [-0.2, -0.15) is 0 Å². The molecule has 0 heterocycles. The number of rotatable bonds is 2. The zero-order valence-electron chi connectivity index (χ0n) is 5.56. The first-order valence-corrected chi connectivity index (χ1v) is 4.46. The van der Waals surface area contributed by atoms with Gasteiger partial charge < -0.3 is 14.9 Å². The largest absolute Gasteiger partial charge is 0.516 e. The molecule has 0 aliphatic heterocycles. The number of aliphatic hydroxyl groups is 1. The maximum Gasteiger partial charge on any atom is 0.323 e. The van der Waals surface area contributed by atoms with Crippen LogP contribution in [0.15, 0.2) is 12.8 Å². The Bertz CT molecular complexity index is 125. The third-order valence-corrected chi connectivity index (χ3v) is 1.57. The van der Waals surface area contributed by atoms with Gasteiger partial charge in [0.25, 0.3) is 0 Å². The SMILES string of the molecule is C=CO.O=[PH](O)O[PH](=O)O.[Cd]. The molecular weight excluding hydrogens is 294 g/mol. The van der Waals surface area contributed by atoms with Gasteiger partial charge in [-0.05, 0) is 0 Å².